The Labute approximate surface area is 120 Å². The van der Waals surface area contributed by atoms with Crippen LogP contribution < -0.4 is 0 Å². The predicted molar refractivity (Wildman–Crippen MR) is 76.3 cm³/mol. The van der Waals surface area contributed by atoms with Crippen molar-refractivity contribution in [3.8, 4) is 0 Å². The maximum absolute atomic E-state index is 11.1. The zero-order chi connectivity index (χ0) is 15.0. The van der Waals surface area contributed by atoms with Gasteiger partial charge in [0.2, 0.25) is 0 Å². The summed E-state index contributed by atoms with van der Waals surface area (Å²) in [5, 5.41) is 22.2. The van der Waals surface area contributed by atoms with Gasteiger partial charge in [-0.1, -0.05) is 30.4 Å². The van der Waals surface area contributed by atoms with Crippen molar-refractivity contribution >= 4 is 0 Å². The van der Waals surface area contributed by atoms with Crippen molar-refractivity contribution in [1.82, 2.24) is 0 Å². The van der Waals surface area contributed by atoms with E-state index in [9.17, 15) is 20.2 Å². The summed E-state index contributed by atoms with van der Waals surface area (Å²) < 4.78 is 0. The Bertz CT molecular complexity index is 720. The normalized spacial score (nSPS) is 23.4. The van der Waals surface area contributed by atoms with E-state index in [4.69, 9.17) is 0 Å². The molecule has 3 aliphatic carbocycles. The number of hydrogen-bond acceptors (Lipinski definition) is 4. The molecule has 0 heterocycles. The van der Waals surface area contributed by atoms with Crippen LogP contribution in [0.2, 0.25) is 0 Å². The van der Waals surface area contributed by atoms with Gasteiger partial charge >= 0.3 is 0 Å². The summed E-state index contributed by atoms with van der Waals surface area (Å²) in [6.45, 7) is 0. The molecule has 6 heteroatoms. The molecule has 0 amide bonds. The molecule has 0 N–H and O–H groups in total. The molecule has 106 valence electrons. The zero-order valence-corrected chi connectivity index (χ0v) is 11.1. The first-order chi connectivity index (χ1) is 10.1. The Morgan fingerprint density at radius 2 is 1.67 bits per heavy atom. The SMILES string of the molecule is O=[N+]([O-])C1=C(C2=CC=CC2C2=C([N+](=O)[O-])C=CC2)CC=C1. The quantitative estimate of drug-likeness (QED) is 0.586. The van der Waals surface area contributed by atoms with Gasteiger partial charge in [-0.05, 0) is 18.4 Å². The van der Waals surface area contributed by atoms with Gasteiger partial charge in [0, 0.05) is 29.2 Å². The number of hydrogen-bond donors (Lipinski definition) is 0. The molecule has 1 unspecified atom stereocenters. The third-order valence-corrected chi connectivity index (χ3v) is 3.88. The van der Waals surface area contributed by atoms with Crippen LogP contribution >= 0.6 is 0 Å². The van der Waals surface area contributed by atoms with E-state index in [2.05, 4.69) is 0 Å². The van der Waals surface area contributed by atoms with Crippen LogP contribution in [0, 0.1) is 26.1 Å². The molecule has 21 heavy (non-hydrogen) atoms. The van der Waals surface area contributed by atoms with Crippen molar-refractivity contribution in [1.29, 1.82) is 0 Å². The lowest BCUT2D eigenvalue weighted by atomic mass is 9.86. The first-order valence-corrected chi connectivity index (χ1v) is 6.56. The van der Waals surface area contributed by atoms with E-state index >= 15 is 0 Å². The van der Waals surface area contributed by atoms with Crippen molar-refractivity contribution in [3.63, 3.8) is 0 Å². The third kappa shape index (κ3) is 2.14. The molecule has 0 aliphatic heterocycles. The fraction of sp³-hybridized carbons (Fsp3) is 0.200. The summed E-state index contributed by atoms with van der Waals surface area (Å²) in [5.74, 6) is -0.245. The van der Waals surface area contributed by atoms with Gasteiger partial charge in [-0.25, -0.2) is 0 Å². The monoisotopic (exact) mass is 284 g/mol. The fourth-order valence-corrected chi connectivity index (χ4v) is 2.97. The molecule has 1 atom stereocenters. The molecule has 0 aromatic rings. The van der Waals surface area contributed by atoms with Crippen LogP contribution in [0.4, 0.5) is 0 Å². The third-order valence-electron chi connectivity index (χ3n) is 3.88. The Morgan fingerprint density at radius 3 is 2.38 bits per heavy atom. The highest BCUT2D eigenvalue weighted by molar-refractivity contribution is 5.54. The highest BCUT2D eigenvalue weighted by atomic mass is 16.6. The smallest absolute Gasteiger partial charge is 0.258 e. The van der Waals surface area contributed by atoms with Gasteiger partial charge in [0.1, 0.15) is 0 Å². The van der Waals surface area contributed by atoms with E-state index in [1.54, 1.807) is 12.2 Å². The van der Waals surface area contributed by atoms with Crippen LogP contribution in [0.1, 0.15) is 12.8 Å². The Hall–Kier alpha value is -2.76. The largest absolute Gasteiger partial charge is 0.272 e. The van der Waals surface area contributed by atoms with Gasteiger partial charge < -0.3 is 0 Å². The molecule has 0 aromatic carbocycles. The molecule has 0 aromatic heterocycles. The topological polar surface area (TPSA) is 86.3 Å². The minimum Gasteiger partial charge on any atom is -0.258 e. The van der Waals surface area contributed by atoms with Gasteiger partial charge in [0.15, 0.2) is 0 Å². The number of rotatable bonds is 4. The average molecular weight is 284 g/mol. The molecule has 3 rings (SSSR count). The second kappa shape index (κ2) is 4.97. The summed E-state index contributed by atoms with van der Waals surface area (Å²) in [6, 6.07) is 0. The summed E-state index contributed by atoms with van der Waals surface area (Å²) in [6.07, 6.45) is 13.0. The number of nitro groups is 2. The van der Waals surface area contributed by atoms with Gasteiger partial charge in [-0.15, -0.1) is 0 Å². The van der Waals surface area contributed by atoms with Gasteiger partial charge in [-0.3, -0.25) is 20.2 Å². The van der Waals surface area contributed by atoms with Crippen molar-refractivity contribution < 1.29 is 9.85 Å². The summed E-state index contributed by atoms with van der Waals surface area (Å²) in [4.78, 5) is 21.4. The van der Waals surface area contributed by atoms with Crippen LogP contribution in [-0.4, -0.2) is 9.85 Å². The number of allylic oxidation sites excluding steroid dienone is 10. The summed E-state index contributed by atoms with van der Waals surface area (Å²) >= 11 is 0. The van der Waals surface area contributed by atoms with Crippen LogP contribution in [0.25, 0.3) is 0 Å². The molecule has 0 fully saturated rings. The molecule has 3 aliphatic rings. The standard InChI is InChI=1S/C15H12N2O4/c18-16(19)14-8-2-6-12(14)10-4-1-5-11(10)13-7-3-9-15(13)17(20)21/h1-5,8-10H,6-7H2. The van der Waals surface area contributed by atoms with Crippen LogP contribution in [0.15, 0.2) is 70.6 Å². The lowest BCUT2D eigenvalue weighted by Gasteiger charge is -2.15. The first-order valence-electron chi connectivity index (χ1n) is 6.56. The lowest BCUT2D eigenvalue weighted by Crippen LogP contribution is -2.10. The molecular weight excluding hydrogens is 272 g/mol. The van der Waals surface area contributed by atoms with Crippen molar-refractivity contribution in [2.75, 3.05) is 0 Å². The molecule has 0 saturated heterocycles. The Kier molecular flexibility index (Phi) is 3.13. The van der Waals surface area contributed by atoms with Crippen molar-refractivity contribution in [2.45, 2.75) is 12.8 Å². The zero-order valence-electron chi connectivity index (χ0n) is 11.1. The highest BCUT2D eigenvalue weighted by Gasteiger charge is 2.33. The van der Waals surface area contributed by atoms with E-state index < -0.39 is 9.85 Å². The predicted octanol–water partition coefficient (Wildman–Crippen LogP) is 3.08. The lowest BCUT2D eigenvalue weighted by molar-refractivity contribution is -0.420. The fourth-order valence-electron chi connectivity index (χ4n) is 2.97. The van der Waals surface area contributed by atoms with E-state index in [1.807, 2.05) is 18.2 Å². The summed E-state index contributed by atoms with van der Waals surface area (Å²) in [7, 11) is 0. The van der Waals surface area contributed by atoms with E-state index in [0.717, 1.165) is 5.57 Å². The van der Waals surface area contributed by atoms with Crippen LogP contribution in [-0.2, 0) is 0 Å². The van der Waals surface area contributed by atoms with Crippen LogP contribution in [0.3, 0.4) is 0 Å². The Morgan fingerprint density at radius 1 is 1.00 bits per heavy atom. The Balaban J connectivity index is 2.00. The molecule has 0 radical (unpaired) electrons. The minimum absolute atomic E-state index is 0.0872. The second-order valence-electron chi connectivity index (χ2n) is 4.99. The van der Waals surface area contributed by atoms with E-state index in [-0.39, 0.29) is 17.3 Å². The van der Waals surface area contributed by atoms with Crippen molar-refractivity contribution in [3.05, 3.63) is 90.9 Å². The van der Waals surface area contributed by atoms with Gasteiger partial charge in [-0.2, -0.15) is 0 Å². The maximum Gasteiger partial charge on any atom is 0.272 e. The average Bonchev–Trinajstić information content (AvgIpc) is 3.17. The second-order valence-corrected chi connectivity index (χ2v) is 4.99. The van der Waals surface area contributed by atoms with Crippen LogP contribution in [0.5, 0.6) is 0 Å². The molecule has 0 spiro atoms. The van der Waals surface area contributed by atoms with Gasteiger partial charge in [0.25, 0.3) is 11.4 Å². The molecule has 0 bridgehead atoms. The van der Waals surface area contributed by atoms with E-state index in [1.165, 1.54) is 12.2 Å². The first kappa shape index (κ1) is 13.2. The van der Waals surface area contributed by atoms with E-state index in [0.29, 0.717) is 24.0 Å². The highest BCUT2D eigenvalue weighted by Crippen LogP contribution is 2.41. The summed E-state index contributed by atoms with van der Waals surface area (Å²) in [5.41, 5.74) is 2.33. The van der Waals surface area contributed by atoms with Crippen molar-refractivity contribution in [2.24, 2.45) is 5.92 Å². The maximum atomic E-state index is 11.1. The number of nitrogens with zero attached hydrogens (tertiary/aromatic N) is 2. The molecular formula is C15H12N2O4. The van der Waals surface area contributed by atoms with Gasteiger partial charge in [0.05, 0.1) is 9.85 Å². The molecule has 0 saturated carbocycles. The molecule has 6 nitrogen and oxygen atoms in total. The minimum atomic E-state index is -0.398.